The zero-order chi connectivity index (χ0) is 11.2. The van der Waals surface area contributed by atoms with Crippen molar-refractivity contribution in [1.82, 2.24) is 0 Å². The third kappa shape index (κ3) is 3.84. The van der Waals surface area contributed by atoms with Crippen molar-refractivity contribution >= 4 is 41.9 Å². The van der Waals surface area contributed by atoms with E-state index in [-0.39, 0.29) is 0 Å². The van der Waals surface area contributed by atoms with Crippen LogP contribution < -0.4 is 5.30 Å². The van der Waals surface area contributed by atoms with E-state index >= 15 is 0 Å². The first-order chi connectivity index (χ1) is 7.84. The van der Waals surface area contributed by atoms with Crippen LogP contribution in [0, 0.1) is 0 Å². The number of rotatable bonds is 3. The van der Waals surface area contributed by atoms with E-state index in [0.717, 1.165) is 0 Å². The third-order valence-corrected chi connectivity index (χ3v) is 9.02. The molecule has 1 aromatic carbocycles. The fraction of sp³-hybridized carbons (Fsp3) is 0.143. The average molecular weight is 342 g/mol. The molecule has 2 heteroatoms. The molecule has 1 heterocycles. The molecule has 1 aliphatic heterocycles. The molecule has 0 bridgehead atoms. The first-order valence-corrected chi connectivity index (χ1v) is 10.5. The van der Waals surface area contributed by atoms with Crippen molar-refractivity contribution in [3.8, 4) is 0 Å². The van der Waals surface area contributed by atoms with Crippen LogP contribution in [-0.2, 0) is 0 Å². The van der Waals surface area contributed by atoms with Gasteiger partial charge in [-0.2, -0.15) is 0 Å². The number of benzene rings is 1. The molecular formula is C14H15PTe. The fourth-order valence-electron chi connectivity index (χ4n) is 1.49. The van der Waals surface area contributed by atoms with Crippen LogP contribution >= 0.6 is 8.20 Å². The summed E-state index contributed by atoms with van der Waals surface area (Å²) in [6.07, 6.45) is 6.55. The van der Waals surface area contributed by atoms with Gasteiger partial charge in [0.2, 0.25) is 0 Å². The summed E-state index contributed by atoms with van der Waals surface area (Å²) in [5, 5.41) is 3.01. The minimum absolute atomic E-state index is 1.06. The number of allylic oxidation sites excluding steroid dienone is 3. The van der Waals surface area contributed by atoms with Crippen LogP contribution in [0.5, 0.6) is 0 Å². The van der Waals surface area contributed by atoms with E-state index in [4.69, 9.17) is 0 Å². The standard InChI is InChI=1S/C14H15PTe/c1-13(12-16-10-6-3-7-11-16)15-14-8-4-2-5-9-14/h2-11H,12H2,1H3. The van der Waals surface area contributed by atoms with Crippen LogP contribution in [0.4, 0.5) is 0 Å². The van der Waals surface area contributed by atoms with Crippen LogP contribution in [0.15, 0.2) is 52.7 Å². The summed E-state index contributed by atoms with van der Waals surface area (Å²) in [5.74, 6) is 0. The second kappa shape index (κ2) is 6.31. The molecule has 0 radical (unpaired) electrons. The second-order valence-corrected chi connectivity index (χ2v) is 10.2. The molecule has 0 fully saturated rings. The first-order valence-electron chi connectivity index (χ1n) is 5.30. The minimum atomic E-state index is -1.06. The Balaban J connectivity index is 2.06. The van der Waals surface area contributed by atoms with Crippen molar-refractivity contribution in [2.45, 2.75) is 11.4 Å². The van der Waals surface area contributed by atoms with Crippen molar-refractivity contribution in [2.75, 3.05) is 0 Å². The summed E-state index contributed by atoms with van der Waals surface area (Å²) in [5.41, 5.74) is 0. The van der Waals surface area contributed by atoms with E-state index in [0.29, 0.717) is 0 Å². The van der Waals surface area contributed by atoms with Gasteiger partial charge >= 0.3 is 106 Å². The van der Waals surface area contributed by atoms with Crippen LogP contribution in [0.3, 0.4) is 0 Å². The van der Waals surface area contributed by atoms with Gasteiger partial charge in [0.05, 0.1) is 0 Å². The van der Waals surface area contributed by atoms with Crippen LogP contribution in [0.1, 0.15) is 6.92 Å². The summed E-state index contributed by atoms with van der Waals surface area (Å²) in [6.45, 7) is 2.29. The molecule has 1 aliphatic rings. The molecule has 16 heavy (non-hydrogen) atoms. The quantitative estimate of drug-likeness (QED) is 0.585. The van der Waals surface area contributed by atoms with Crippen molar-refractivity contribution < 1.29 is 0 Å². The normalized spacial score (nSPS) is 16.2. The average Bonchev–Trinajstić information content (AvgIpc) is 2.31. The van der Waals surface area contributed by atoms with Crippen molar-refractivity contribution in [1.29, 1.82) is 0 Å². The second-order valence-electron chi connectivity index (χ2n) is 3.65. The van der Waals surface area contributed by atoms with Gasteiger partial charge in [-0.15, -0.1) is 0 Å². The topological polar surface area (TPSA) is 0 Å². The number of hydrogen-bond donors (Lipinski definition) is 0. The zero-order valence-corrected chi connectivity index (χ0v) is 12.6. The van der Waals surface area contributed by atoms with Gasteiger partial charge in [0.1, 0.15) is 0 Å². The molecule has 0 spiro atoms. The maximum absolute atomic E-state index is 2.44. The molecule has 0 saturated heterocycles. The van der Waals surface area contributed by atoms with Gasteiger partial charge < -0.3 is 0 Å². The van der Waals surface area contributed by atoms with Gasteiger partial charge in [-0.05, 0) is 0 Å². The summed E-state index contributed by atoms with van der Waals surface area (Å²) < 4.78 is 6.20. The van der Waals surface area contributed by atoms with Crippen LogP contribution in [-0.4, -0.2) is 28.4 Å². The molecule has 0 saturated carbocycles. The molecular weight excluding hydrogens is 327 g/mol. The van der Waals surface area contributed by atoms with E-state index in [1.165, 1.54) is 18.0 Å². The Bertz CT molecular complexity index is 467. The van der Waals surface area contributed by atoms with E-state index in [9.17, 15) is 0 Å². The van der Waals surface area contributed by atoms with E-state index < -0.39 is 19.1 Å². The molecule has 0 nitrogen and oxygen atoms in total. The van der Waals surface area contributed by atoms with Gasteiger partial charge in [0.25, 0.3) is 0 Å². The van der Waals surface area contributed by atoms with Crippen molar-refractivity contribution in [2.24, 2.45) is 0 Å². The zero-order valence-electron chi connectivity index (χ0n) is 9.34. The summed E-state index contributed by atoms with van der Waals surface area (Å²) in [4.78, 5) is 0. The number of hydrogen-bond acceptors (Lipinski definition) is 0. The molecule has 0 atom stereocenters. The van der Waals surface area contributed by atoms with Crippen molar-refractivity contribution in [3.63, 3.8) is 0 Å². The van der Waals surface area contributed by atoms with Gasteiger partial charge in [-0.25, -0.2) is 0 Å². The maximum atomic E-state index is 2.44. The molecule has 0 unspecified atom stereocenters. The Kier molecular flexibility index (Phi) is 4.73. The fourth-order valence-corrected chi connectivity index (χ4v) is 7.73. The predicted molar refractivity (Wildman–Crippen MR) is 78.6 cm³/mol. The SMILES string of the molecule is CC(C[Te]1=CC=CC=C1)=Pc1ccccc1. The van der Waals surface area contributed by atoms with E-state index in [2.05, 4.69) is 63.7 Å². The van der Waals surface area contributed by atoms with Gasteiger partial charge in [-0.3, -0.25) is 0 Å². The van der Waals surface area contributed by atoms with Crippen LogP contribution in [0.2, 0.25) is 4.47 Å². The Morgan fingerprint density at radius 3 is 2.62 bits per heavy atom. The summed E-state index contributed by atoms with van der Waals surface area (Å²) in [7, 11) is 1.40. The Hall–Kier alpha value is -0.470. The Labute approximate surface area is 106 Å². The molecule has 0 N–H and O–H groups in total. The van der Waals surface area contributed by atoms with Crippen molar-refractivity contribution in [3.05, 3.63) is 52.7 Å². The third-order valence-electron chi connectivity index (χ3n) is 2.18. The monoisotopic (exact) mass is 344 g/mol. The molecule has 2 rings (SSSR count). The summed E-state index contributed by atoms with van der Waals surface area (Å²) >= 11 is -1.06. The summed E-state index contributed by atoms with van der Waals surface area (Å²) in [6, 6.07) is 10.7. The van der Waals surface area contributed by atoms with Gasteiger partial charge in [0.15, 0.2) is 0 Å². The molecule has 0 aromatic heterocycles. The van der Waals surface area contributed by atoms with E-state index in [1.807, 2.05) is 0 Å². The van der Waals surface area contributed by atoms with Gasteiger partial charge in [0, 0.05) is 0 Å². The first kappa shape index (κ1) is 12.0. The Morgan fingerprint density at radius 2 is 1.94 bits per heavy atom. The molecule has 0 amide bonds. The van der Waals surface area contributed by atoms with Gasteiger partial charge in [-0.1, -0.05) is 0 Å². The van der Waals surface area contributed by atoms with E-state index in [1.54, 1.807) is 5.29 Å². The molecule has 1 aromatic rings. The molecule has 0 aliphatic carbocycles. The Morgan fingerprint density at radius 1 is 1.12 bits per heavy atom. The predicted octanol–water partition coefficient (Wildman–Crippen LogP) is 2.99. The molecule has 82 valence electrons. The van der Waals surface area contributed by atoms with Crippen LogP contribution in [0.25, 0.3) is 0 Å².